The van der Waals surface area contributed by atoms with Gasteiger partial charge in [0.25, 0.3) is 0 Å². The van der Waals surface area contributed by atoms with E-state index in [2.05, 4.69) is 13.8 Å². The predicted octanol–water partition coefficient (Wildman–Crippen LogP) is 7.42. The first-order chi connectivity index (χ1) is 14.1. The van der Waals surface area contributed by atoms with Gasteiger partial charge >= 0.3 is 13.6 Å². The summed E-state index contributed by atoms with van der Waals surface area (Å²) in [6.45, 7) is 10.1. The van der Waals surface area contributed by atoms with Crippen LogP contribution in [0.2, 0.25) is 0 Å². The average molecular weight is 445 g/mol. The fourth-order valence-corrected chi connectivity index (χ4v) is 7.04. The molecule has 0 spiro atoms. The molecule has 0 radical (unpaired) electrons. The molecule has 0 heterocycles. The van der Waals surface area contributed by atoms with Gasteiger partial charge in [0.15, 0.2) is 0 Å². The first-order valence-corrected chi connectivity index (χ1v) is 14.0. The quantitative estimate of drug-likeness (QED) is 0.245. The van der Waals surface area contributed by atoms with E-state index in [1.54, 1.807) is 0 Å². The van der Waals surface area contributed by atoms with Crippen LogP contribution in [0.3, 0.4) is 0 Å². The molecule has 0 aromatic rings. The Morgan fingerprint density at radius 1 is 0.833 bits per heavy atom. The van der Waals surface area contributed by atoms with Gasteiger partial charge in [0.05, 0.1) is 22.8 Å². The van der Waals surface area contributed by atoms with E-state index in [0.29, 0.717) is 6.42 Å². The molecule has 2 aliphatic rings. The van der Waals surface area contributed by atoms with Gasteiger partial charge in [-0.3, -0.25) is 9.36 Å². The fourth-order valence-electron chi connectivity index (χ4n) is 4.70. The normalized spacial score (nSPS) is 21.9. The monoisotopic (exact) mass is 444 g/mol. The highest BCUT2D eigenvalue weighted by atomic mass is 31.2. The zero-order valence-corrected chi connectivity index (χ0v) is 21.0. The molecule has 0 bridgehead atoms. The van der Waals surface area contributed by atoms with Crippen LogP contribution in [0.25, 0.3) is 0 Å². The third-order valence-electron chi connectivity index (χ3n) is 7.52. The maximum Gasteiger partial charge on any atom is 0.335 e. The highest BCUT2D eigenvalue weighted by molar-refractivity contribution is 7.54. The van der Waals surface area contributed by atoms with Gasteiger partial charge in [0.2, 0.25) is 0 Å². The van der Waals surface area contributed by atoms with E-state index < -0.39 is 13.0 Å². The summed E-state index contributed by atoms with van der Waals surface area (Å²) < 4.78 is 32.6. The molecule has 2 aliphatic carbocycles. The van der Waals surface area contributed by atoms with Gasteiger partial charge in [-0.1, -0.05) is 59.3 Å². The van der Waals surface area contributed by atoms with E-state index >= 15 is 0 Å². The van der Waals surface area contributed by atoms with Gasteiger partial charge < -0.3 is 13.8 Å². The molecule has 2 saturated carbocycles. The van der Waals surface area contributed by atoms with E-state index in [1.165, 1.54) is 12.8 Å². The second-order valence-corrected chi connectivity index (χ2v) is 12.1. The van der Waals surface area contributed by atoms with Crippen molar-refractivity contribution >= 4 is 13.6 Å². The van der Waals surface area contributed by atoms with E-state index in [9.17, 15) is 9.36 Å². The lowest BCUT2D eigenvalue weighted by atomic mass is 9.83. The molecule has 0 saturated heterocycles. The molecule has 0 unspecified atom stereocenters. The van der Waals surface area contributed by atoms with Crippen molar-refractivity contribution in [2.45, 2.75) is 129 Å². The minimum Gasteiger partial charge on any atom is -0.465 e. The van der Waals surface area contributed by atoms with E-state index in [0.717, 1.165) is 64.2 Å². The van der Waals surface area contributed by atoms with Crippen LogP contribution in [0.15, 0.2) is 0 Å². The fraction of sp³-hybridized carbons (Fsp3) is 0.958. The Labute approximate surface area is 184 Å². The number of esters is 1. The molecule has 0 aromatic heterocycles. The summed E-state index contributed by atoms with van der Waals surface area (Å²) >= 11 is 0. The Bertz CT molecular complexity index is 556. The molecule has 6 heteroatoms. The summed E-state index contributed by atoms with van der Waals surface area (Å²) in [5.41, 5.74) is -1.28. The summed E-state index contributed by atoms with van der Waals surface area (Å²) in [5.74, 6) is -0.248. The number of rotatable bonds is 11. The molecule has 2 fully saturated rings. The Hall–Kier alpha value is -0.380. The summed E-state index contributed by atoms with van der Waals surface area (Å²) in [4.78, 5) is 12.4. The van der Waals surface area contributed by atoms with Crippen LogP contribution in [0, 0.1) is 5.41 Å². The van der Waals surface area contributed by atoms with Crippen LogP contribution in [-0.4, -0.2) is 29.9 Å². The summed E-state index contributed by atoms with van der Waals surface area (Å²) in [7, 11) is -3.41. The first kappa shape index (κ1) is 25.9. The molecule has 30 heavy (non-hydrogen) atoms. The van der Waals surface area contributed by atoms with Crippen LogP contribution < -0.4 is 0 Å². The molecular formula is C24H45O5P. The summed E-state index contributed by atoms with van der Waals surface area (Å²) in [5, 5.41) is 0. The SMILES string of the molecule is CCC1(OP(=O)(CCOC(=O)C(C)(C)CC)OC2(CC)CCCCC2)CCCCC1. The van der Waals surface area contributed by atoms with Crippen LogP contribution in [0.5, 0.6) is 0 Å². The van der Waals surface area contributed by atoms with Gasteiger partial charge in [-0.05, 0) is 58.8 Å². The molecule has 0 atom stereocenters. The number of carbonyl (C=O) groups is 1. The Morgan fingerprint density at radius 3 is 1.63 bits per heavy atom. The zero-order chi connectivity index (χ0) is 22.3. The molecular weight excluding hydrogens is 399 g/mol. The van der Waals surface area contributed by atoms with Gasteiger partial charge in [-0.25, -0.2) is 0 Å². The van der Waals surface area contributed by atoms with Crippen LogP contribution in [0.1, 0.15) is 118 Å². The smallest absolute Gasteiger partial charge is 0.335 e. The topological polar surface area (TPSA) is 61.8 Å². The molecule has 176 valence electrons. The molecule has 0 aromatic carbocycles. The Balaban J connectivity index is 2.16. The maximum atomic E-state index is 14.1. The molecule has 5 nitrogen and oxygen atoms in total. The van der Waals surface area contributed by atoms with Crippen molar-refractivity contribution in [3.8, 4) is 0 Å². The van der Waals surface area contributed by atoms with Gasteiger partial charge in [0.1, 0.15) is 6.61 Å². The largest absolute Gasteiger partial charge is 0.465 e. The summed E-state index contributed by atoms with van der Waals surface area (Å²) in [6.07, 6.45) is 13.1. The van der Waals surface area contributed by atoms with Gasteiger partial charge in [-0.2, -0.15) is 0 Å². The van der Waals surface area contributed by atoms with Crippen LogP contribution in [-0.2, 0) is 23.1 Å². The first-order valence-electron chi connectivity index (χ1n) is 12.3. The van der Waals surface area contributed by atoms with Gasteiger partial charge in [0, 0.05) is 0 Å². The van der Waals surface area contributed by atoms with E-state index in [4.69, 9.17) is 13.8 Å². The second-order valence-electron chi connectivity index (χ2n) is 10.1. The maximum absolute atomic E-state index is 14.1. The molecule has 0 amide bonds. The van der Waals surface area contributed by atoms with E-state index in [1.807, 2.05) is 20.8 Å². The average Bonchev–Trinajstić information content (AvgIpc) is 2.74. The Kier molecular flexibility index (Phi) is 9.46. The zero-order valence-electron chi connectivity index (χ0n) is 20.1. The molecule has 2 rings (SSSR count). The highest BCUT2D eigenvalue weighted by Gasteiger charge is 2.45. The Morgan fingerprint density at radius 2 is 1.27 bits per heavy atom. The van der Waals surface area contributed by atoms with Gasteiger partial charge in [-0.15, -0.1) is 0 Å². The van der Waals surface area contributed by atoms with Crippen molar-refractivity contribution in [2.24, 2.45) is 5.41 Å². The second kappa shape index (κ2) is 11.0. The molecule has 0 N–H and O–H groups in total. The standard InChI is InChI=1S/C24H45O5P/c1-6-22(4,5)21(25)27-19-20-30(26,28-23(7-2)15-11-9-12-16-23)29-24(8-3)17-13-10-14-18-24/h6-20H2,1-5H3. The minimum atomic E-state index is -3.41. The number of hydrogen-bond acceptors (Lipinski definition) is 5. The lowest BCUT2D eigenvalue weighted by Gasteiger charge is -2.43. The lowest BCUT2D eigenvalue weighted by molar-refractivity contribution is -0.153. The van der Waals surface area contributed by atoms with Crippen LogP contribution in [0.4, 0.5) is 0 Å². The summed E-state index contributed by atoms with van der Waals surface area (Å²) in [6, 6.07) is 0. The van der Waals surface area contributed by atoms with Crippen LogP contribution >= 0.6 is 7.60 Å². The number of hydrogen-bond donors (Lipinski definition) is 0. The van der Waals surface area contributed by atoms with Crippen molar-refractivity contribution < 1.29 is 23.1 Å². The predicted molar refractivity (Wildman–Crippen MR) is 122 cm³/mol. The van der Waals surface area contributed by atoms with Crippen molar-refractivity contribution in [1.82, 2.24) is 0 Å². The third kappa shape index (κ3) is 6.81. The van der Waals surface area contributed by atoms with Crippen molar-refractivity contribution in [3.05, 3.63) is 0 Å². The highest BCUT2D eigenvalue weighted by Crippen LogP contribution is 2.59. The van der Waals surface area contributed by atoms with Crippen molar-refractivity contribution in [2.75, 3.05) is 12.8 Å². The minimum absolute atomic E-state index is 0.0825. The lowest BCUT2D eigenvalue weighted by Crippen LogP contribution is -2.38. The van der Waals surface area contributed by atoms with Crippen molar-refractivity contribution in [1.29, 1.82) is 0 Å². The molecule has 0 aliphatic heterocycles. The number of ether oxygens (including phenoxy) is 1. The van der Waals surface area contributed by atoms with Crippen molar-refractivity contribution in [3.63, 3.8) is 0 Å². The van der Waals surface area contributed by atoms with E-state index in [-0.39, 0.29) is 29.9 Å². The number of carbonyl (C=O) groups excluding carboxylic acids is 1. The third-order valence-corrected chi connectivity index (χ3v) is 9.58.